The Hall–Kier alpha value is -4.17. The zero-order valence-corrected chi connectivity index (χ0v) is 17.9. The van der Waals surface area contributed by atoms with Crippen molar-refractivity contribution in [3.05, 3.63) is 101 Å². The zero-order chi connectivity index (χ0) is 22.8. The summed E-state index contributed by atoms with van der Waals surface area (Å²) in [5, 5.41) is 18.4. The summed E-state index contributed by atoms with van der Waals surface area (Å²) in [6.45, 7) is 4.38. The van der Waals surface area contributed by atoms with Crippen LogP contribution in [-0.4, -0.2) is 17.0 Å². The third-order valence-electron chi connectivity index (χ3n) is 5.61. The number of carbonyl (C=O) groups excluding carboxylic acids is 1. The van der Waals surface area contributed by atoms with Crippen LogP contribution in [0.5, 0.6) is 0 Å². The van der Waals surface area contributed by atoms with Crippen LogP contribution in [0.3, 0.4) is 0 Å². The van der Waals surface area contributed by atoms with E-state index in [1.54, 1.807) is 35.2 Å². The summed E-state index contributed by atoms with van der Waals surface area (Å²) >= 11 is 0. The van der Waals surface area contributed by atoms with Gasteiger partial charge in [-0.3, -0.25) is 4.79 Å². The van der Waals surface area contributed by atoms with Crippen LogP contribution in [0.1, 0.15) is 46.5 Å². The number of carbonyl (C=O) groups is 2. The second-order valence-corrected chi connectivity index (χ2v) is 8.05. The normalized spacial score (nSPS) is 14.3. The first kappa shape index (κ1) is 21.1. The molecule has 1 N–H and O–H groups in total. The Morgan fingerprint density at radius 3 is 2.38 bits per heavy atom. The Bertz CT molecular complexity index is 1280. The van der Waals surface area contributed by atoms with Crippen LogP contribution in [0.2, 0.25) is 0 Å². The van der Waals surface area contributed by atoms with Gasteiger partial charge in [0.25, 0.3) is 5.91 Å². The Balaban J connectivity index is 1.83. The second kappa shape index (κ2) is 8.52. The van der Waals surface area contributed by atoms with E-state index in [1.165, 1.54) is 0 Å². The molecule has 32 heavy (non-hydrogen) atoms. The standard InChI is InChI=1S/C27H22N2O3/c1-17(2)24(20-12-10-18(15-28)11-13-20)25-22-8-3-4-9-23(22)29(26(25)30)16-19-6-5-7-21(14-19)27(31)32/h3-14,17H,16H2,1-2H3,(H,31,32). The molecule has 0 bridgehead atoms. The van der Waals surface area contributed by atoms with Crippen LogP contribution in [0.15, 0.2) is 72.8 Å². The van der Waals surface area contributed by atoms with Crippen LogP contribution in [0, 0.1) is 17.2 Å². The molecule has 1 aliphatic heterocycles. The fraction of sp³-hybridized carbons (Fsp3) is 0.148. The van der Waals surface area contributed by atoms with E-state index < -0.39 is 5.97 Å². The molecule has 0 radical (unpaired) electrons. The first-order chi connectivity index (χ1) is 15.4. The third-order valence-corrected chi connectivity index (χ3v) is 5.61. The summed E-state index contributed by atoms with van der Waals surface area (Å²) in [5.41, 5.74) is 5.66. The summed E-state index contributed by atoms with van der Waals surface area (Å²) in [6.07, 6.45) is 0. The second-order valence-electron chi connectivity index (χ2n) is 8.05. The average molecular weight is 422 g/mol. The minimum Gasteiger partial charge on any atom is -0.478 e. The van der Waals surface area contributed by atoms with Crippen molar-refractivity contribution in [2.45, 2.75) is 20.4 Å². The molecule has 0 fully saturated rings. The molecule has 1 heterocycles. The number of para-hydroxylation sites is 1. The highest BCUT2D eigenvalue weighted by Gasteiger charge is 2.35. The maximum Gasteiger partial charge on any atom is 0.335 e. The highest BCUT2D eigenvalue weighted by atomic mass is 16.4. The van der Waals surface area contributed by atoms with Crippen LogP contribution in [-0.2, 0) is 11.3 Å². The molecular formula is C27H22N2O3. The number of hydrogen-bond donors (Lipinski definition) is 1. The van der Waals surface area contributed by atoms with Gasteiger partial charge in [-0.15, -0.1) is 0 Å². The van der Waals surface area contributed by atoms with Gasteiger partial charge in [0.15, 0.2) is 0 Å². The average Bonchev–Trinajstić information content (AvgIpc) is 3.06. The van der Waals surface area contributed by atoms with Crippen LogP contribution in [0.25, 0.3) is 11.1 Å². The number of fused-ring (bicyclic) bond motifs is 1. The summed E-state index contributed by atoms with van der Waals surface area (Å²) in [4.78, 5) is 26.8. The van der Waals surface area contributed by atoms with Gasteiger partial charge in [0.2, 0.25) is 0 Å². The molecule has 3 aromatic carbocycles. The number of hydrogen-bond acceptors (Lipinski definition) is 3. The lowest BCUT2D eigenvalue weighted by molar-refractivity contribution is -0.113. The molecule has 1 amide bonds. The fourth-order valence-corrected chi connectivity index (χ4v) is 4.17. The Labute approximate surface area is 186 Å². The van der Waals surface area contributed by atoms with Crippen LogP contribution < -0.4 is 4.90 Å². The van der Waals surface area contributed by atoms with Crippen molar-refractivity contribution in [2.24, 2.45) is 5.92 Å². The van der Waals surface area contributed by atoms with Crippen molar-refractivity contribution in [3.63, 3.8) is 0 Å². The predicted molar refractivity (Wildman–Crippen MR) is 124 cm³/mol. The molecule has 0 saturated carbocycles. The quantitative estimate of drug-likeness (QED) is 0.561. The van der Waals surface area contributed by atoms with Gasteiger partial charge in [0.05, 0.1) is 35.0 Å². The van der Waals surface area contributed by atoms with E-state index in [0.29, 0.717) is 11.1 Å². The van der Waals surface area contributed by atoms with Gasteiger partial charge in [-0.25, -0.2) is 4.79 Å². The van der Waals surface area contributed by atoms with Gasteiger partial charge in [0, 0.05) is 5.56 Å². The number of benzene rings is 3. The highest BCUT2D eigenvalue weighted by molar-refractivity contribution is 6.37. The Kier molecular flexibility index (Phi) is 5.61. The minimum absolute atomic E-state index is 0.0743. The fourth-order valence-electron chi connectivity index (χ4n) is 4.17. The molecule has 3 aromatic rings. The molecule has 1 aliphatic rings. The first-order valence-electron chi connectivity index (χ1n) is 10.4. The maximum absolute atomic E-state index is 13.7. The van der Waals surface area contributed by atoms with E-state index in [2.05, 4.69) is 19.9 Å². The van der Waals surface area contributed by atoms with E-state index in [4.69, 9.17) is 5.26 Å². The van der Waals surface area contributed by atoms with Gasteiger partial charge in [-0.2, -0.15) is 5.26 Å². The van der Waals surface area contributed by atoms with Gasteiger partial charge in [0.1, 0.15) is 0 Å². The number of allylic oxidation sites excluding steroid dienone is 1. The van der Waals surface area contributed by atoms with E-state index in [-0.39, 0.29) is 23.9 Å². The molecule has 0 aliphatic carbocycles. The molecular weight excluding hydrogens is 400 g/mol. The number of rotatable bonds is 5. The number of carboxylic acids is 1. The SMILES string of the molecule is CC(C)C(=C1C(=O)N(Cc2cccc(C(=O)O)c2)c2ccccc21)c1ccc(C#N)cc1. The molecule has 4 rings (SSSR count). The van der Waals surface area contributed by atoms with E-state index in [9.17, 15) is 14.7 Å². The zero-order valence-electron chi connectivity index (χ0n) is 17.9. The highest BCUT2D eigenvalue weighted by Crippen LogP contribution is 2.43. The molecule has 0 spiro atoms. The van der Waals surface area contributed by atoms with Crippen molar-refractivity contribution in [3.8, 4) is 6.07 Å². The first-order valence-corrected chi connectivity index (χ1v) is 10.4. The Morgan fingerprint density at radius 1 is 1.00 bits per heavy atom. The number of nitriles is 1. The molecule has 0 saturated heterocycles. The van der Waals surface area contributed by atoms with Crippen molar-refractivity contribution in [1.82, 2.24) is 0 Å². The number of nitrogens with zero attached hydrogens (tertiary/aromatic N) is 2. The molecule has 158 valence electrons. The van der Waals surface area contributed by atoms with Gasteiger partial charge < -0.3 is 10.0 Å². The van der Waals surface area contributed by atoms with Crippen molar-refractivity contribution < 1.29 is 14.7 Å². The predicted octanol–water partition coefficient (Wildman–Crippen LogP) is 5.37. The van der Waals surface area contributed by atoms with Gasteiger partial charge >= 0.3 is 5.97 Å². The molecule has 5 nitrogen and oxygen atoms in total. The van der Waals surface area contributed by atoms with Gasteiger partial charge in [-0.05, 0) is 52.9 Å². The summed E-state index contributed by atoms with van der Waals surface area (Å²) < 4.78 is 0. The number of carboxylic acid groups (broad SMARTS) is 1. The monoisotopic (exact) mass is 422 g/mol. The van der Waals surface area contributed by atoms with Crippen molar-refractivity contribution in [1.29, 1.82) is 5.26 Å². The molecule has 5 heteroatoms. The van der Waals surface area contributed by atoms with Crippen LogP contribution in [0.4, 0.5) is 5.69 Å². The van der Waals surface area contributed by atoms with Crippen molar-refractivity contribution in [2.75, 3.05) is 4.90 Å². The van der Waals surface area contributed by atoms with Gasteiger partial charge in [-0.1, -0.05) is 56.3 Å². The minimum atomic E-state index is -0.997. The Morgan fingerprint density at radius 2 is 1.72 bits per heavy atom. The summed E-state index contributed by atoms with van der Waals surface area (Å²) in [5.74, 6) is -1.03. The third kappa shape index (κ3) is 3.79. The van der Waals surface area contributed by atoms with E-state index in [1.807, 2.05) is 42.5 Å². The summed E-state index contributed by atoms with van der Waals surface area (Å²) in [7, 11) is 0. The molecule has 0 aromatic heterocycles. The van der Waals surface area contributed by atoms with E-state index >= 15 is 0 Å². The lowest BCUT2D eigenvalue weighted by atomic mass is 9.87. The number of anilines is 1. The number of aromatic carboxylic acids is 1. The number of amides is 1. The lowest BCUT2D eigenvalue weighted by Gasteiger charge is -2.19. The topological polar surface area (TPSA) is 81.4 Å². The van der Waals surface area contributed by atoms with Crippen LogP contribution >= 0.6 is 0 Å². The molecule has 0 atom stereocenters. The maximum atomic E-state index is 13.7. The smallest absolute Gasteiger partial charge is 0.335 e. The lowest BCUT2D eigenvalue weighted by Crippen LogP contribution is -2.26. The van der Waals surface area contributed by atoms with E-state index in [0.717, 1.165) is 28.0 Å². The summed E-state index contributed by atoms with van der Waals surface area (Å²) in [6, 6.07) is 23.8. The largest absolute Gasteiger partial charge is 0.478 e. The van der Waals surface area contributed by atoms with Crippen molar-refractivity contribution >= 4 is 28.7 Å². The molecule has 0 unspecified atom stereocenters.